The fourth-order valence-electron chi connectivity index (χ4n) is 4.70. The summed E-state index contributed by atoms with van der Waals surface area (Å²) in [5, 5.41) is 2.83. The summed E-state index contributed by atoms with van der Waals surface area (Å²) in [5.74, 6) is 0.287. The van der Waals surface area contributed by atoms with Crippen LogP contribution in [0, 0.1) is 0 Å². The molecule has 2 aromatic carbocycles. The molecular formula is C24H29N3O5S. The Morgan fingerprint density at radius 1 is 1.15 bits per heavy atom. The third-order valence-electron chi connectivity index (χ3n) is 6.15. The zero-order valence-corrected chi connectivity index (χ0v) is 19.9. The molecule has 2 aromatic rings. The number of carbonyl (C=O) groups excluding carboxylic acids is 2. The monoisotopic (exact) mass is 471 g/mol. The molecule has 2 aliphatic heterocycles. The third-order valence-corrected chi connectivity index (χ3v) is 8.06. The molecule has 0 radical (unpaired) electrons. The zero-order valence-electron chi connectivity index (χ0n) is 19.1. The highest BCUT2D eigenvalue weighted by Crippen LogP contribution is 2.35. The van der Waals surface area contributed by atoms with E-state index in [1.54, 1.807) is 41.3 Å². The first-order chi connectivity index (χ1) is 15.7. The Hall–Kier alpha value is -2.91. The molecule has 0 bridgehead atoms. The van der Waals surface area contributed by atoms with Crippen LogP contribution < -0.4 is 15.0 Å². The van der Waals surface area contributed by atoms with Crippen LogP contribution in [0.1, 0.15) is 39.2 Å². The molecule has 4 rings (SSSR count). The van der Waals surface area contributed by atoms with Crippen LogP contribution in [0.25, 0.3) is 0 Å². The molecule has 0 aromatic heterocycles. The molecule has 9 heteroatoms. The van der Waals surface area contributed by atoms with Gasteiger partial charge in [-0.1, -0.05) is 0 Å². The minimum atomic E-state index is -3.87. The average Bonchev–Trinajstić information content (AvgIpc) is 3.39. The van der Waals surface area contributed by atoms with Gasteiger partial charge in [-0.2, -0.15) is 4.31 Å². The van der Waals surface area contributed by atoms with Crippen molar-refractivity contribution in [2.75, 3.05) is 23.4 Å². The van der Waals surface area contributed by atoms with E-state index in [0.717, 1.165) is 11.3 Å². The lowest BCUT2D eigenvalue weighted by atomic mass is 10.1. The van der Waals surface area contributed by atoms with Crippen LogP contribution in [0.5, 0.6) is 5.75 Å². The third kappa shape index (κ3) is 4.47. The number of amides is 2. The van der Waals surface area contributed by atoms with Crippen LogP contribution in [0.3, 0.4) is 0 Å². The van der Waals surface area contributed by atoms with Crippen molar-refractivity contribution in [3.8, 4) is 5.75 Å². The van der Waals surface area contributed by atoms with Gasteiger partial charge in [-0.25, -0.2) is 8.42 Å². The Balaban J connectivity index is 1.53. The number of nitrogens with one attached hydrogen (secondary N) is 1. The van der Waals surface area contributed by atoms with Crippen molar-refractivity contribution in [1.82, 2.24) is 4.31 Å². The maximum Gasteiger partial charge on any atom is 0.243 e. The molecule has 0 saturated carbocycles. The van der Waals surface area contributed by atoms with Gasteiger partial charge < -0.3 is 15.0 Å². The summed E-state index contributed by atoms with van der Waals surface area (Å²) in [6, 6.07) is 11.1. The molecule has 0 aliphatic carbocycles. The number of benzene rings is 2. The Kier molecular flexibility index (Phi) is 6.45. The van der Waals surface area contributed by atoms with Crippen molar-refractivity contribution >= 4 is 33.2 Å². The molecule has 8 nitrogen and oxygen atoms in total. The van der Waals surface area contributed by atoms with Crippen LogP contribution in [0.4, 0.5) is 11.4 Å². The summed E-state index contributed by atoms with van der Waals surface area (Å²) < 4.78 is 33.6. The van der Waals surface area contributed by atoms with E-state index in [-0.39, 0.29) is 29.3 Å². The highest BCUT2D eigenvalue weighted by atomic mass is 32.2. The predicted octanol–water partition coefficient (Wildman–Crippen LogP) is 3.17. The summed E-state index contributed by atoms with van der Waals surface area (Å²) in [6.45, 7) is 6.18. The van der Waals surface area contributed by atoms with E-state index in [0.29, 0.717) is 37.3 Å². The number of ether oxygens (including phenoxy) is 1. The fraction of sp³-hybridized carbons (Fsp3) is 0.417. The maximum absolute atomic E-state index is 13.5. The van der Waals surface area contributed by atoms with Gasteiger partial charge in [0.2, 0.25) is 21.8 Å². The number of hydrogen-bond donors (Lipinski definition) is 1. The molecular weight excluding hydrogens is 442 g/mol. The molecule has 33 heavy (non-hydrogen) atoms. The lowest BCUT2D eigenvalue weighted by Gasteiger charge is -2.24. The summed E-state index contributed by atoms with van der Waals surface area (Å²) in [5.41, 5.74) is 2.16. The summed E-state index contributed by atoms with van der Waals surface area (Å²) in [6.07, 6.45) is 1.67. The minimum Gasteiger partial charge on any atom is -0.494 e. The molecule has 2 amide bonds. The minimum absolute atomic E-state index is 0.0186. The van der Waals surface area contributed by atoms with E-state index in [1.165, 1.54) is 17.3 Å². The summed E-state index contributed by atoms with van der Waals surface area (Å²) in [4.78, 5) is 26.8. The first-order valence-corrected chi connectivity index (χ1v) is 12.6. The van der Waals surface area contributed by atoms with E-state index in [2.05, 4.69) is 5.32 Å². The molecule has 1 fully saturated rings. The van der Waals surface area contributed by atoms with Gasteiger partial charge in [0.1, 0.15) is 11.8 Å². The Morgan fingerprint density at radius 2 is 1.88 bits per heavy atom. The molecule has 2 heterocycles. The molecule has 2 aliphatic rings. The van der Waals surface area contributed by atoms with Crippen molar-refractivity contribution in [1.29, 1.82) is 0 Å². The summed E-state index contributed by atoms with van der Waals surface area (Å²) in [7, 11) is -3.87. The number of rotatable bonds is 6. The Morgan fingerprint density at radius 3 is 2.55 bits per heavy atom. The number of anilines is 2. The maximum atomic E-state index is 13.5. The number of fused-ring (bicyclic) bond motifs is 1. The van der Waals surface area contributed by atoms with Crippen LogP contribution in [0.2, 0.25) is 0 Å². The van der Waals surface area contributed by atoms with Gasteiger partial charge in [-0.15, -0.1) is 0 Å². The lowest BCUT2D eigenvalue weighted by molar-refractivity contribution is -0.119. The van der Waals surface area contributed by atoms with Gasteiger partial charge in [0.25, 0.3) is 0 Å². The topological polar surface area (TPSA) is 96.0 Å². The van der Waals surface area contributed by atoms with Crippen molar-refractivity contribution in [3.63, 3.8) is 0 Å². The van der Waals surface area contributed by atoms with Crippen LogP contribution in [0.15, 0.2) is 47.4 Å². The van der Waals surface area contributed by atoms with Crippen LogP contribution in [-0.4, -0.2) is 49.8 Å². The molecule has 1 N–H and O–H groups in total. The van der Waals surface area contributed by atoms with E-state index < -0.39 is 16.1 Å². The quantitative estimate of drug-likeness (QED) is 0.698. The molecule has 176 valence electrons. The fourth-order valence-corrected chi connectivity index (χ4v) is 6.41. The molecule has 0 unspecified atom stereocenters. The molecule has 0 spiro atoms. The highest BCUT2D eigenvalue weighted by Gasteiger charge is 2.40. The first kappa shape index (κ1) is 23.3. The second-order valence-electron chi connectivity index (χ2n) is 8.45. The van der Waals surface area contributed by atoms with Crippen molar-refractivity contribution in [3.05, 3.63) is 48.0 Å². The van der Waals surface area contributed by atoms with E-state index in [1.807, 2.05) is 13.8 Å². The van der Waals surface area contributed by atoms with Gasteiger partial charge in [0.05, 0.1) is 11.5 Å². The second-order valence-corrected chi connectivity index (χ2v) is 10.3. The van der Waals surface area contributed by atoms with E-state index in [4.69, 9.17) is 4.74 Å². The van der Waals surface area contributed by atoms with Gasteiger partial charge in [-0.3, -0.25) is 9.59 Å². The largest absolute Gasteiger partial charge is 0.494 e. The predicted molar refractivity (Wildman–Crippen MR) is 126 cm³/mol. The smallest absolute Gasteiger partial charge is 0.243 e. The lowest BCUT2D eigenvalue weighted by Crippen LogP contribution is -2.43. The Labute approximate surface area is 194 Å². The zero-order chi connectivity index (χ0) is 23.8. The van der Waals surface area contributed by atoms with Crippen LogP contribution in [-0.2, 0) is 26.0 Å². The molecule has 2 atom stereocenters. The van der Waals surface area contributed by atoms with E-state index >= 15 is 0 Å². The first-order valence-electron chi connectivity index (χ1n) is 11.2. The number of sulfonamides is 1. The van der Waals surface area contributed by atoms with Gasteiger partial charge in [0.15, 0.2) is 0 Å². The number of hydrogen-bond acceptors (Lipinski definition) is 5. The Bertz CT molecular complexity index is 1160. The van der Waals surface area contributed by atoms with Crippen molar-refractivity contribution < 1.29 is 22.7 Å². The summed E-state index contributed by atoms with van der Waals surface area (Å²) >= 11 is 0. The highest BCUT2D eigenvalue weighted by molar-refractivity contribution is 7.89. The van der Waals surface area contributed by atoms with Crippen molar-refractivity contribution in [2.24, 2.45) is 0 Å². The van der Waals surface area contributed by atoms with Gasteiger partial charge in [0, 0.05) is 30.9 Å². The standard InChI is InChI=1S/C24H29N3O5S/c1-4-32-20-9-7-19(8-10-20)25-24(29)23-6-5-13-26(23)33(30,31)21-11-12-22-18(15-21)14-16(2)27(22)17(3)28/h7-12,15-16,23H,4-6,13-14H2,1-3H3,(H,25,29)/t16-,23+/m0/s1. The van der Waals surface area contributed by atoms with Gasteiger partial charge in [-0.05, 0) is 81.1 Å². The van der Waals surface area contributed by atoms with E-state index in [9.17, 15) is 18.0 Å². The number of nitrogens with zero attached hydrogens (tertiary/aromatic N) is 2. The number of carbonyl (C=O) groups is 2. The second kappa shape index (κ2) is 9.15. The van der Waals surface area contributed by atoms with Gasteiger partial charge >= 0.3 is 0 Å². The van der Waals surface area contributed by atoms with Crippen molar-refractivity contribution in [2.45, 2.75) is 57.0 Å². The molecule has 1 saturated heterocycles. The SMILES string of the molecule is CCOc1ccc(NC(=O)[C@H]2CCCN2S(=O)(=O)c2ccc3c(c2)C[C@H](C)N3C(C)=O)cc1. The average molecular weight is 472 g/mol. The van der Waals surface area contributed by atoms with Crippen LogP contribution >= 0.6 is 0 Å². The normalized spacial score (nSPS) is 20.5.